The van der Waals surface area contributed by atoms with Gasteiger partial charge in [-0.3, -0.25) is 9.78 Å². The maximum absolute atomic E-state index is 13.1. The Morgan fingerprint density at radius 1 is 0.943 bits per heavy atom. The molecule has 7 nitrogen and oxygen atoms in total. The van der Waals surface area contributed by atoms with E-state index in [-0.39, 0.29) is 17.9 Å². The van der Waals surface area contributed by atoms with Crippen molar-refractivity contribution in [1.82, 2.24) is 15.3 Å². The summed E-state index contributed by atoms with van der Waals surface area (Å²) < 4.78 is 23.6. The molecule has 0 aliphatic carbocycles. The zero-order valence-corrected chi connectivity index (χ0v) is 18.9. The van der Waals surface area contributed by atoms with Gasteiger partial charge in [-0.05, 0) is 72.3 Å². The predicted octanol–water partition coefficient (Wildman–Crippen LogP) is 4.59. The van der Waals surface area contributed by atoms with Crippen LogP contribution in [0.1, 0.15) is 16.1 Å². The van der Waals surface area contributed by atoms with Crippen molar-refractivity contribution in [3.63, 3.8) is 0 Å². The number of pyridine rings is 2. The van der Waals surface area contributed by atoms with Crippen molar-refractivity contribution in [2.45, 2.75) is 12.5 Å². The van der Waals surface area contributed by atoms with Gasteiger partial charge in [-0.15, -0.1) is 0 Å². The van der Waals surface area contributed by atoms with E-state index < -0.39 is 17.9 Å². The molecule has 4 aromatic rings. The summed E-state index contributed by atoms with van der Waals surface area (Å²) >= 11 is 0. The topological polar surface area (TPSA) is 90.4 Å². The van der Waals surface area contributed by atoms with Crippen LogP contribution in [0.15, 0.2) is 91.3 Å². The lowest BCUT2D eigenvalue weighted by atomic mass is 10.1. The van der Waals surface area contributed by atoms with Gasteiger partial charge in [0.25, 0.3) is 5.91 Å². The van der Waals surface area contributed by atoms with E-state index in [1.165, 1.54) is 19.2 Å². The Balaban J connectivity index is 1.46. The Labute approximate surface area is 201 Å². The van der Waals surface area contributed by atoms with Gasteiger partial charge in [-0.25, -0.2) is 14.2 Å². The molecule has 8 heteroatoms. The van der Waals surface area contributed by atoms with Gasteiger partial charge in [0.2, 0.25) is 0 Å². The molecule has 1 N–H and O–H groups in total. The lowest BCUT2D eigenvalue weighted by Gasteiger charge is -2.16. The fraction of sp³-hybridized carbons (Fsp3) is 0.111. The fourth-order valence-electron chi connectivity index (χ4n) is 3.38. The average Bonchev–Trinajstić information content (AvgIpc) is 2.90. The summed E-state index contributed by atoms with van der Waals surface area (Å²) in [6.45, 7) is 0. The van der Waals surface area contributed by atoms with Gasteiger partial charge in [0, 0.05) is 24.4 Å². The molecule has 2 aromatic heterocycles. The SMILES string of the molecule is COC(=O)C(Cc1cccnc1)NC(=O)c1cccc(-c2ccc(Oc3ccc(F)cc3)cc2)n1. The van der Waals surface area contributed by atoms with Crippen molar-refractivity contribution >= 4 is 11.9 Å². The van der Waals surface area contributed by atoms with Crippen molar-refractivity contribution < 1.29 is 23.5 Å². The first-order chi connectivity index (χ1) is 17.0. The first-order valence-corrected chi connectivity index (χ1v) is 10.8. The van der Waals surface area contributed by atoms with Crippen LogP contribution in [0.5, 0.6) is 11.5 Å². The van der Waals surface area contributed by atoms with E-state index in [1.54, 1.807) is 60.9 Å². The monoisotopic (exact) mass is 471 g/mol. The molecule has 0 saturated heterocycles. The number of benzene rings is 2. The van der Waals surface area contributed by atoms with Crippen molar-refractivity contribution in [2.24, 2.45) is 0 Å². The number of hydrogen-bond donors (Lipinski definition) is 1. The minimum Gasteiger partial charge on any atom is -0.467 e. The number of hydrogen-bond acceptors (Lipinski definition) is 6. The van der Waals surface area contributed by atoms with Gasteiger partial charge >= 0.3 is 5.97 Å². The van der Waals surface area contributed by atoms with E-state index >= 15 is 0 Å². The van der Waals surface area contributed by atoms with Crippen molar-refractivity contribution in [3.05, 3.63) is 108 Å². The largest absolute Gasteiger partial charge is 0.467 e. The van der Waals surface area contributed by atoms with E-state index in [0.717, 1.165) is 11.1 Å². The number of carbonyl (C=O) groups is 2. The Bertz CT molecular complexity index is 1300. The van der Waals surface area contributed by atoms with Gasteiger partial charge in [0.1, 0.15) is 29.1 Å². The Morgan fingerprint density at radius 2 is 1.66 bits per heavy atom. The third kappa shape index (κ3) is 6.26. The Morgan fingerprint density at radius 3 is 2.31 bits per heavy atom. The highest BCUT2D eigenvalue weighted by atomic mass is 19.1. The molecule has 35 heavy (non-hydrogen) atoms. The van der Waals surface area contributed by atoms with Crippen molar-refractivity contribution in [3.8, 4) is 22.8 Å². The summed E-state index contributed by atoms with van der Waals surface area (Å²) in [4.78, 5) is 33.6. The second kappa shape index (κ2) is 11.0. The van der Waals surface area contributed by atoms with Crippen LogP contribution >= 0.6 is 0 Å². The highest BCUT2D eigenvalue weighted by Crippen LogP contribution is 2.25. The molecular weight excluding hydrogens is 449 g/mol. The van der Waals surface area contributed by atoms with Crippen LogP contribution in [0.2, 0.25) is 0 Å². The van der Waals surface area contributed by atoms with Gasteiger partial charge in [0.05, 0.1) is 12.8 Å². The Kier molecular flexibility index (Phi) is 7.42. The number of ether oxygens (including phenoxy) is 2. The quantitative estimate of drug-likeness (QED) is 0.378. The molecule has 0 aliphatic rings. The molecule has 0 spiro atoms. The highest BCUT2D eigenvalue weighted by Gasteiger charge is 2.23. The first kappa shape index (κ1) is 23.6. The third-order valence-corrected chi connectivity index (χ3v) is 5.13. The van der Waals surface area contributed by atoms with E-state index in [2.05, 4.69) is 15.3 Å². The van der Waals surface area contributed by atoms with E-state index in [9.17, 15) is 14.0 Å². The first-order valence-electron chi connectivity index (χ1n) is 10.8. The molecular formula is C27H22FN3O4. The van der Waals surface area contributed by atoms with Crippen LogP contribution in [0.4, 0.5) is 4.39 Å². The number of rotatable bonds is 8. The van der Waals surface area contributed by atoms with E-state index in [1.807, 2.05) is 18.2 Å². The molecule has 2 heterocycles. The highest BCUT2D eigenvalue weighted by molar-refractivity contribution is 5.95. The normalized spacial score (nSPS) is 11.4. The van der Waals surface area contributed by atoms with Gasteiger partial charge in [-0.1, -0.05) is 12.1 Å². The summed E-state index contributed by atoms with van der Waals surface area (Å²) in [6, 6.07) is 20.6. The molecule has 2 aromatic carbocycles. The second-order valence-corrected chi connectivity index (χ2v) is 7.60. The van der Waals surface area contributed by atoms with Crippen LogP contribution in [-0.4, -0.2) is 35.0 Å². The van der Waals surface area contributed by atoms with Gasteiger partial charge in [-0.2, -0.15) is 0 Å². The number of carbonyl (C=O) groups excluding carboxylic acids is 2. The zero-order chi connectivity index (χ0) is 24.6. The van der Waals surface area contributed by atoms with Crippen LogP contribution in [0.25, 0.3) is 11.3 Å². The summed E-state index contributed by atoms with van der Waals surface area (Å²) in [5.74, 6) is -0.303. The van der Waals surface area contributed by atoms with E-state index in [4.69, 9.17) is 9.47 Å². The lowest BCUT2D eigenvalue weighted by molar-refractivity contribution is -0.142. The van der Waals surface area contributed by atoms with Crippen LogP contribution in [0, 0.1) is 5.82 Å². The number of esters is 1. The molecule has 0 radical (unpaired) electrons. The molecule has 1 unspecified atom stereocenters. The smallest absolute Gasteiger partial charge is 0.328 e. The second-order valence-electron chi connectivity index (χ2n) is 7.60. The number of halogens is 1. The summed E-state index contributed by atoms with van der Waals surface area (Å²) in [5.41, 5.74) is 2.29. The van der Waals surface area contributed by atoms with Crippen molar-refractivity contribution in [2.75, 3.05) is 7.11 Å². The van der Waals surface area contributed by atoms with Crippen LogP contribution in [-0.2, 0) is 16.0 Å². The molecule has 0 bridgehead atoms. The molecule has 0 aliphatic heterocycles. The number of nitrogens with zero attached hydrogens (tertiary/aromatic N) is 2. The maximum Gasteiger partial charge on any atom is 0.328 e. The zero-order valence-electron chi connectivity index (χ0n) is 18.9. The summed E-state index contributed by atoms with van der Waals surface area (Å²) in [5, 5.41) is 2.70. The molecule has 0 saturated carbocycles. The molecule has 4 rings (SSSR count). The number of aromatic nitrogens is 2. The summed E-state index contributed by atoms with van der Waals surface area (Å²) in [7, 11) is 1.27. The van der Waals surface area contributed by atoms with Gasteiger partial charge in [0.15, 0.2) is 0 Å². The minimum absolute atomic E-state index is 0.161. The predicted molar refractivity (Wildman–Crippen MR) is 127 cm³/mol. The third-order valence-electron chi connectivity index (χ3n) is 5.13. The number of amides is 1. The number of methoxy groups -OCH3 is 1. The summed E-state index contributed by atoms with van der Waals surface area (Å²) in [6.07, 6.45) is 3.50. The Hall–Kier alpha value is -4.59. The van der Waals surface area contributed by atoms with Crippen LogP contribution in [0.3, 0.4) is 0 Å². The molecule has 0 fully saturated rings. The van der Waals surface area contributed by atoms with Gasteiger partial charge < -0.3 is 14.8 Å². The standard InChI is InChI=1S/C27H22FN3O4/c1-34-27(33)25(16-18-4-3-15-29-17-18)31-26(32)24-6-2-5-23(30-24)19-7-11-21(12-8-19)35-22-13-9-20(28)10-14-22/h2-15,17,25H,16H2,1H3,(H,31,32). The molecule has 1 atom stereocenters. The average molecular weight is 471 g/mol. The van der Waals surface area contributed by atoms with E-state index in [0.29, 0.717) is 17.2 Å². The number of nitrogens with one attached hydrogen (secondary N) is 1. The van der Waals surface area contributed by atoms with Crippen molar-refractivity contribution in [1.29, 1.82) is 0 Å². The maximum atomic E-state index is 13.1. The lowest BCUT2D eigenvalue weighted by Crippen LogP contribution is -2.43. The minimum atomic E-state index is -0.884. The molecule has 176 valence electrons. The fourth-order valence-corrected chi connectivity index (χ4v) is 3.38. The van der Waals surface area contributed by atoms with Crippen LogP contribution < -0.4 is 10.1 Å². The molecule has 1 amide bonds.